The first-order chi connectivity index (χ1) is 9.45. The largest absolute Gasteiger partial charge is 0.481 e. The molecule has 0 fully saturated rings. The topological polar surface area (TPSA) is 73.1 Å². The van der Waals surface area contributed by atoms with Gasteiger partial charge in [0.2, 0.25) is 0 Å². The molecule has 0 spiro atoms. The number of carboxylic acids is 1. The fraction of sp³-hybridized carbons (Fsp3) is 0.467. The van der Waals surface area contributed by atoms with Gasteiger partial charge in [-0.15, -0.1) is 0 Å². The fourth-order valence-corrected chi connectivity index (χ4v) is 1.95. The third kappa shape index (κ3) is 4.54. The van der Waals surface area contributed by atoms with Gasteiger partial charge in [-0.1, -0.05) is 19.4 Å². The van der Waals surface area contributed by atoms with Gasteiger partial charge in [0.1, 0.15) is 17.4 Å². The number of nitriles is 1. The molecule has 0 radical (unpaired) electrons. The summed E-state index contributed by atoms with van der Waals surface area (Å²) in [6.07, 6.45) is 2.13. The molecule has 0 aromatic heterocycles. The molecule has 0 aliphatic carbocycles. The summed E-state index contributed by atoms with van der Waals surface area (Å²) in [4.78, 5) is 10.7. The van der Waals surface area contributed by atoms with Crippen molar-refractivity contribution in [1.29, 1.82) is 5.26 Å². The van der Waals surface area contributed by atoms with Gasteiger partial charge >= 0.3 is 5.97 Å². The summed E-state index contributed by atoms with van der Waals surface area (Å²) in [6.45, 7) is 3.61. The molecule has 0 aliphatic rings. The van der Waals surface area contributed by atoms with Crippen molar-refractivity contribution in [3.8, 4) is 6.07 Å². The van der Waals surface area contributed by atoms with Gasteiger partial charge < -0.3 is 10.4 Å². The number of benzene rings is 1. The Labute approximate surface area is 118 Å². The van der Waals surface area contributed by atoms with Crippen LogP contribution in [0.4, 0.5) is 10.1 Å². The van der Waals surface area contributed by atoms with Crippen LogP contribution in [0.2, 0.25) is 0 Å². The maximum Gasteiger partial charge on any atom is 0.306 e. The molecule has 0 saturated heterocycles. The van der Waals surface area contributed by atoms with Crippen molar-refractivity contribution in [2.75, 3.05) is 5.32 Å². The van der Waals surface area contributed by atoms with Gasteiger partial charge in [0.05, 0.1) is 11.6 Å². The van der Waals surface area contributed by atoms with Gasteiger partial charge in [-0.3, -0.25) is 4.79 Å². The third-order valence-electron chi connectivity index (χ3n) is 3.22. The molecule has 0 saturated carbocycles. The molecule has 2 unspecified atom stereocenters. The smallest absolute Gasteiger partial charge is 0.306 e. The summed E-state index contributed by atoms with van der Waals surface area (Å²) in [5, 5.41) is 20.8. The highest BCUT2D eigenvalue weighted by Crippen LogP contribution is 2.20. The van der Waals surface area contributed by atoms with E-state index in [4.69, 9.17) is 10.4 Å². The molecule has 20 heavy (non-hydrogen) atoms. The highest BCUT2D eigenvalue weighted by molar-refractivity contribution is 5.69. The van der Waals surface area contributed by atoms with Crippen molar-refractivity contribution in [2.45, 2.75) is 39.2 Å². The van der Waals surface area contributed by atoms with Gasteiger partial charge in [0.25, 0.3) is 0 Å². The van der Waals surface area contributed by atoms with Crippen molar-refractivity contribution in [3.63, 3.8) is 0 Å². The van der Waals surface area contributed by atoms with E-state index in [-0.39, 0.29) is 17.5 Å². The molecule has 4 nitrogen and oxygen atoms in total. The highest BCUT2D eigenvalue weighted by atomic mass is 19.1. The van der Waals surface area contributed by atoms with E-state index in [1.165, 1.54) is 6.07 Å². The first-order valence-electron chi connectivity index (χ1n) is 6.63. The van der Waals surface area contributed by atoms with E-state index in [0.29, 0.717) is 12.1 Å². The number of halogens is 1. The van der Waals surface area contributed by atoms with Crippen molar-refractivity contribution < 1.29 is 14.3 Å². The zero-order valence-electron chi connectivity index (χ0n) is 11.7. The number of carboxylic acid groups (broad SMARTS) is 1. The number of hydrogen-bond acceptors (Lipinski definition) is 3. The lowest BCUT2D eigenvalue weighted by Gasteiger charge is -2.17. The lowest BCUT2D eigenvalue weighted by atomic mass is 10.0. The van der Waals surface area contributed by atoms with E-state index >= 15 is 0 Å². The van der Waals surface area contributed by atoms with Gasteiger partial charge in [-0.25, -0.2) is 4.39 Å². The molecule has 2 N–H and O–H groups in total. The van der Waals surface area contributed by atoms with Crippen LogP contribution in [0.15, 0.2) is 18.2 Å². The van der Waals surface area contributed by atoms with Gasteiger partial charge in [0.15, 0.2) is 0 Å². The number of anilines is 1. The van der Waals surface area contributed by atoms with Crippen LogP contribution in [0.3, 0.4) is 0 Å². The molecule has 1 aromatic rings. The van der Waals surface area contributed by atoms with Crippen molar-refractivity contribution in [3.05, 3.63) is 29.6 Å². The Balaban J connectivity index is 2.51. The first-order valence-corrected chi connectivity index (χ1v) is 6.63. The van der Waals surface area contributed by atoms with Crippen molar-refractivity contribution >= 4 is 11.7 Å². The van der Waals surface area contributed by atoms with Gasteiger partial charge in [-0.2, -0.15) is 5.26 Å². The zero-order chi connectivity index (χ0) is 15.1. The van der Waals surface area contributed by atoms with E-state index in [1.807, 2.05) is 13.0 Å². The highest BCUT2D eigenvalue weighted by Gasteiger charge is 2.13. The predicted molar refractivity (Wildman–Crippen MR) is 74.9 cm³/mol. The normalized spacial score (nSPS) is 13.3. The van der Waals surface area contributed by atoms with Crippen LogP contribution in [0.1, 0.15) is 38.7 Å². The number of carbonyl (C=O) groups is 1. The quantitative estimate of drug-likeness (QED) is 0.801. The molecule has 1 aromatic carbocycles. The van der Waals surface area contributed by atoms with Crippen LogP contribution in [-0.4, -0.2) is 17.1 Å². The van der Waals surface area contributed by atoms with E-state index in [0.717, 1.165) is 12.8 Å². The standard InChI is InChI=1S/C15H19FN2O2/c1-10(15(19)20)5-3-6-11(2)18-14-8-4-7-13(16)12(14)9-17/h4,7-8,10-11,18H,3,5-6H2,1-2H3,(H,19,20). The molecule has 0 bridgehead atoms. The number of nitrogens with zero attached hydrogens (tertiary/aromatic N) is 1. The van der Waals surface area contributed by atoms with Crippen LogP contribution in [0.25, 0.3) is 0 Å². The summed E-state index contributed by atoms with van der Waals surface area (Å²) in [5.41, 5.74) is 0.490. The molecular weight excluding hydrogens is 259 g/mol. The molecular formula is C15H19FN2O2. The molecule has 0 amide bonds. The Kier molecular flexibility index (Phi) is 5.98. The van der Waals surface area contributed by atoms with E-state index < -0.39 is 11.8 Å². The molecule has 108 valence electrons. The Morgan fingerprint density at radius 2 is 2.15 bits per heavy atom. The number of aliphatic carboxylic acids is 1. The minimum Gasteiger partial charge on any atom is -0.481 e. The van der Waals surface area contributed by atoms with Crippen LogP contribution >= 0.6 is 0 Å². The second kappa shape index (κ2) is 7.49. The van der Waals surface area contributed by atoms with Crippen LogP contribution in [0.5, 0.6) is 0 Å². The summed E-state index contributed by atoms with van der Waals surface area (Å²) in [7, 11) is 0. The zero-order valence-corrected chi connectivity index (χ0v) is 11.7. The summed E-state index contributed by atoms with van der Waals surface area (Å²) in [5.74, 6) is -1.68. The van der Waals surface area contributed by atoms with E-state index in [2.05, 4.69) is 5.32 Å². The number of rotatable bonds is 7. The fourth-order valence-electron chi connectivity index (χ4n) is 1.95. The molecule has 0 aliphatic heterocycles. The summed E-state index contributed by atoms with van der Waals surface area (Å²) >= 11 is 0. The second-order valence-corrected chi connectivity index (χ2v) is 4.99. The average molecular weight is 278 g/mol. The van der Waals surface area contributed by atoms with Gasteiger partial charge in [0, 0.05) is 6.04 Å². The Morgan fingerprint density at radius 1 is 1.45 bits per heavy atom. The lowest BCUT2D eigenvalue weighted by Crippen LogP contribution is -2.17. The van der Waals surface area contributed by atoms with Crippen LogP contribution in [-0.2, 0) is 4.79 Å². The van der Waals surface area contributed by atoms with Crippen LogP contribution in [0, 0.1) is 23.1 Å². The molecule has 0 heterocycles. The lowest BCUT2D eigenvalue weighted by molar-refractivity contribution is -0.141. The maximum atomic E-state index is 13.4. The number of nitrogens with one attached hydrogen (secondary N) is 1. The average Bonchev–Trinajstić information content (AvgIpc) is 2.38. The summed E-state index contributed by atoms with van der Waals surface area (Å²) < 4.78 is 13.4. The predicted octanol–water partition coefficient (Wildman–Crippen LogP) is 3.39. The van der Waals surface area contributed by atoms with E-state index in [9.17, 15) is 9.18 Å². The maximum absolute atomic E-state index is 13.4. The molecule has 2 atom stereocenters. The Bertz CT molecular complexity index is 511. The minimum absolute atomic E-state index is 0.0123. The van der Waals surface area contributed by atoms with Crippen LogP contribution < -0.4 is 5.32 Å². The first kappa shape index (κ1) is 16.0. The molecule has 5 heteroatoms. The minimum atomic E-state index is -0.789. The Morgan fingerprint density at radius 3 is 2.75 bits per heavy atom. The second-order valence-electron chi connectivity index (χ2n) is 4.99. The monoisotopic (exact) mass is 278 g/mol. The van der Waals surface area contributed by atoms with Gasteiger partial charge in [-0.05, 0) is 31.9 Å². The van der Waals surface area contributed by atoms with E-state index in [1.54, 1.807) is 19.1 Å². The van der Waals surface area contributed by atoms with Crippen molar-refractivity contribution in [2.24, 2.45) is 5.92 Å². The summed E-state index contributed by atoms with van der Waals surface area (Å²) in [6, 6.07) is 6.36. The SMILES string of the molecule is CC(CCCC(C)C(=O)O)Nc1cccc(F)c1C#N. The van der Waals surface area contributed by atoms with Crippen molar-refractivity contribution in [1.82, 2.24) is 0 Å². The molecule has 1 rings (SSSR count). The number of hydrogen-bond donors (Lipinski definition) is 2. The third-order valence-corrected chi connectivity index (χ3v) is 3.22. The Hall–Kier alpha value is -2.09.